The van der Waals surface area contributed by atoms with Gasteiger partial charge in [-0.1, -0.05) is 24.3 Å². The van der Waals surface area contributed by atoms with Gasteiger partial charge >= 0.3 is 0 Å². The third kappa shape index (κ3) is 6.27. The first-order valence-electron chi connectivity index (χ1n) is 17.9. The van der Waals surface area contributed by atoms with Crippen molar-refractivity contribution in [2.24, 2.45) is 5.41 Å². The summed E-state index contributed by atoms with van der Waals surface area (Å²) in [6.45, 7) is 3.58. The molecule has 9 rings (SSSR count). The summed E-state index contributed by atoms with van der Waals surface area (Å²) in [6.07, 6.45) is 2.15. The lowest BCUT2D eigenvalue weighted by Crippen LogP contribution is -2.59. The number of benzene rings is 3. The maximum atomic E-state index is 14.3. The van der Waals surface area contributed by atoms with Crippen molar-refractivity contribution in [3.05, 3.63) is 129 Å². The highest BCUT2D eigenvalue weighted by molar-refractivity contribution is 7.23. The van der Waals surface area contributed by atoms with Crippen molar-refractivity contribution in [2.75, 3.05) is 48.0 Å². The molecule has 2 saturated heterocycles. The van der Waals surface area contributed by atoms with Gasteiger partial charge in [0.05, 0.1) is 31.4 Å². The van der Waals surface area contributed by atoms with Crippen LogP contribution in [-0.2, 0) is 17.6 Å². The van der Waals surface area contributed by atoms with Crippen LogP contribution in [0.15, 0.2) is 90.3 Å². The standard InChI is InChI=1S/C42H34F2N4O4S2/c43-31-5-3-6-32(44)29(31)22-35(49)36-21-27-12-16-48(34-13-19-53-38(34)37(27)54-36)41(51)25-8-10-28(11-9-25)45-40(50)30-20-26-4-1-2-7-33(26)46-39(30)47-23-42(24-47)14-17-52-18-15-42/h1-11,13,19-21H,12,14-18,22-24H2,(H,45,50). The Bertz CT molecular complexity index is 2430. The summed E-state index contributed by atoms with van der Waals surface area (Å²) < 4.78 is 34.1. The van der Waals surface area contributed by atoms with Gasteiger partial charge < -0.3 is 19.9 Å². The summed E-state index contributed by atoms with van der Waals surface area (Å²) in [5.74, 6) is -1.62. The molecule has 1 N–H and O–H groups in total. The first kappa shape index (κ1) is 34.5. The Morgan fingerprint density at radius 1 is 0.889 bits per heavy atom. The molecule has 3 aromatic carbocycles. The largest absolute Gasteiger partial charge is 0.381 e. The summed E-state index contributed by atoms with van der Waals surface area (Å²) in [6, 6.07) is 23.9. The predicted octanol–water partition coefficient (Wildman–Crippen LogP) is 8.80. The number of hydrogen-bond donors (Lipinski definition) is 1. The zero-order chi connectivity index (χ0) is 37.0. The molecule has 2 amide bonds. The van der Waals surface area contributed by atoms with E-state index in [0.29, 0.717) is 40.5 Å². The molecule has 0 bridgehead atoms. The Labute approximate surface area is 318 Å². The van der Waals surface area contributed by atoms with Crippen molar-refractivity contribution in [3.8, 4) is 9.75 Å². The van der Waals surface area contributed by atoms with Crippen LogP contribution in [-0.4, -0.2) is 55.4 Å². The fourth-order valence-electron chi connectivity index (χ4n) is 7.74. The zero-order valence-electron chi connectivity index (χ0n) is 29.1. The molecule has 0 unspecified atom stereocenters. The van der Waals surface area contributed by atoms with Crippen LogP contribution in [0, 0.1) is 17.0 Å². The van der Waals surface area contributed by atoms with E-state index in [1.54, 1.807) is 35.2 Å². The predicted molar refractivity (Wildman–Crippen MR) is 208 cm³/mol. The quantitative estimate of drug-likeness (QED) is 0.164. The molecule has 0 atom stereocenters. The van der Waals surface area contributed by atoms with Gasteiger partial charge in [-0.25, -0.2) is 13.8 Å². The summed E-state index contributed by atoms with van der Waals surface area (Å²) in [5, 5.41) is 5.83. The lowest BCUT2D eigenvalue weighted by molar-refractivity contribution is -0.000492. The number of carbonyl (C=O) groups is 3. The number of amides is 2. The molecule has 54 heavy (non-hydrogen) atoms. The van der Waals surface area contributed by atoms with E-state index in [1.807, 2.05) is 41.8 Å². The molecule has 3 aromatic heterocycles. The van der Waals surface area contributed by atoms with Gasteiger partial charge in [-0.3, -0.25) is 14.4 Å². The highest BCUT2D eigenvalue weighted by Crippen LogP contribution is 2.46. The van der Waals surface area contributed by atoms with Crippen LogP contribution in [0.4, 0.5) is 26.0 Å². The Kier molecular flexibility index (Phi) is 8.83. The molecule has 6 aromatic rings. The number of rotatable bonds is 7. The number of anilines is 3. The number of halogens is 2. The molecule has 272 valence electrons. The van der Waals surface area contributed by atoms with Crippen molar-refractivity contribution in [1.82, 2.24) is 4.98 Å². The van der Waals surface area contributed by atoms with Gasteiger partial charge in [0, 0.05) is 66.9 Å². The third-order valence-corrected chi connectivity index (χ3v) is 13.0. The Hall–Kier alpha value is -5.30. The lowest BCUT2D eigenvalue weighted by Gasteiger charge is -2.53. The molecule has 0 radical (unpaired) electrons. The van der Waals surface area contributed by atoms with E-state index in [2.05, 4.69) is 10.2 Å². The average molecular weight is 761 g/mol. The van der Waals surface area contributed by atoms with E-state index in [9.17, 15) is 23.2 Å². The number of ketones is 1. The summed E-state index contributed by atoms with van der Waals surface area (Å²) in [7, 11) is 0. The number of carbonyl (C=O) groups excluding carboxylic acids is 3. The van der Waals surface area contributed by atoms with Crippen LogP contribution in [0.5, 0.6) is 0 Å². The van der Waals surface area contributed by atoms with Gasteiger partial charge in [0.15, 0.2) is 5.78 Å². The number of hydrogen-bond acceptors (Lipinski definition) is 8. The topological polar surface area (TPSA) is 91.8 Å². The van der Waals surface area contributed by atoms with Gasteiger partial charge in [-0.05, 0) is 90.9 Å². The lowest BCUT2D eigenvalue weighted by atomic mass is 9.73. The van der Waals surface area contributed by atoms with Gasteiger partial charge in [0.25, 0.3) is 11.8 Å². The van der Waals surface area contributed by atoms with Crippen LogP contribution < -0.4 is 15.1 Å². The van der Waals surface area contributed by atoms with E-state index in [1.165, 1.54) is 28.7 Å². The minimum Gasteiger partial charge on any atom is -0.381 e. The van der Waals surface area contributed by atoms with Gasteiger partial charge in [0.2, 0.25) is 0 Å². The highest BCUT2D eigenvalue weighted by Gasteiger charge is 2.45. The Balaban J connectivity index is 0.914. The van der Waals surface area contributed by atoms with Crippen molar-refractivity contribution >= 4 is 68.4 Å². The van der Waals surface area contributed by atoms with Crippen molar-refractivity contribution in [2.45, 2.75) is 25.7 Å². The van der Waals surface area contributed by atoms with Crippen LogP contribution >= 0.6 is 22.7 Å². The molecule has 1 spiro atoms. The van der Waals surface area contributed by atoms with Crippen LogP contribution in [0.1, 0.15) is 54.4 Å². The number of aromatic nitrogens is 1. The second kappa shape index (κ2) is 13.8. The van der Waals surface area contributed by atoms with Crippen molar-refractivity contribution in [1.29, 1.82) is 0 Å². The van der Waals surface area contributed by atoms with Crippen LogP contribution in [0.25, 0.3) is 20.7 Å². The minimum atomic E-state index is -0.742. The first-order chi connectivity index (χ1) is 26.2. The number of ether oxygens (including phenoxy) is 1. The Morgan fingerprint density at radius 3 is 2.43 bits per heavy atom. The van der Waals surface area contributed by atoms with Gasteiger partial charge in [0.1, 0.15) is 17.5 Å². The smallest absolute Gasteiger partial charge is 0.259 e. The van der Waals surface area contributed by atoms with E-state index in [-0.39, 0.29) is 35.0 Å². The molecule has 6 heterocycles. The molecule has 2 fully saturated rings. The summed E-state index contributed by atoms with van der Waals surface area (Å²) >= 11 is 2.77. The second-order valence-electron chi connectivity index (χ2n) is 14.2. The average Bonchev–Trinajstić information content (AvgIpc) is 3.80. The molecular weight excluding hydrogens is 727 g/mol. The van der Waals surface area contributed by atoms with Crippen LogP contribution in [0.3, 0.4) is 0 Å². The second-order valence-corrected chi connectivity index (χ2v) is 16.1. The fraction of sp³-hybridized carbons (Fsp3) is 0.238. The number of para-hydroxylation sites is 1. The van der Waals surface area contributed by atoms with E-state index >= 15 is 0 Å². The number of fused-ring (bicyclic) bond motifs is 4. The zero-order valence-corrected chi connectivity index (χ0v) is 30.7. The molecule has 0 aliphatic carbocycles. The number of Topliss-reactive ketones (excluding diaryl/α,β-unsaturated/α-hetero) is 1. The fourth-order valence-corrected chi connectivity index (χ4v) is 9.98. The van der Waals surface area contributed by atoms with E-state index in [0.717, 1.165) is 83.2 Å². The van der Waals surface area contributed by atoms with Gasteiger partial charge in [-0.15, -0.1) is 22.7 Å². The van der Waals surface area contributed by atoms with Crippen molar-refractivity contribution in [3.63, 3.8) is 0 Å². The molecule has 8 nitrogen and oxygen atoms in total. The normalized spacial score (nSPS) is 16.0. The SMILES string of the molecule is O=C(Cc1c(F)cccc1F)c1cc2c(s1)-c1sccc1N(C(=O)c1ccc(NC(=O)c3cc4ccccc4nc3N3CC4(CCOCC4)C3)cc1)CC2. The van der Waals surface area contributed by atoms with E-state index in [4.69, 9.17) is 9.72 Å². The number of thiophene rings is 2. The number of nitrogens with one attached hydrogen (secondary N) is 1. The maximum Gasteiger partial charge on any atom is 0.259 e. The molecule has 3 aliphatic heterocycles. The summed E-state index contributed by atoms with van der Waals surface area (Å²) in [4.78, 5) is 52.1. The van der Waals surface area contributed by atoms with Gasteiger partial charge in [-0.2, -0.15) is 0 Å². The highest BCUT2D eigenvalue weighted by atomic mass is 32.1. The Morgan fingerprint density at radius 2 is 1.65 bits per heavy atom. The maximum absolute atomic E-state index is 14.3. The molecule has 0 saturated carbocycles. The van der Waals surface area contributed by atoms with Crippen molar-refractivity contribution < 1.29 is 27.9 Å². The van der Waals surface area contributed by atoms with Crippen LogP contribution in [0.2, 0.25) is 0 Å². The molecule has 12 heteroatoms. The monoisotopic (exact) mass is 760 g/mol. The molecular formula is C42H34F2N4O4S2. The number of nitrogens with zero attached hydrogens (tertiary/aromatic N) is 3. The minimum absolute atomic E-state index is 0.185. The number of pyridine rings is 1. The third-order valence-electron chi connectivity index (χ3n) is 10.7. The summed E-state index contributed by atoms with van der Waals surface area (Å²) in [5.41, 5.74) is 3.99. The molecule has 3 aliphatic rings. The van der Waals surface area contributed by atoms with E-state index < -0.39 is 11.6 Å². The first-order valence-corrected chi connectivity index (χ1v) is 19.6.